The van der Waals surface area contributed by atoms with Gasteiger partial charge in [0, 0.05) is 19.1 Å². The zero-order chi connectivity index (χ0) is 13.6. The van der Waals surface area contributed by atoms with Gasteiger partial charge in [0.1, 0.15) is 0 Å². The van der Waals surface area contributed by atoms with Gasteiger partial charge in [-0.25, -0.2) is 0 Å². The van der Waals surface area contributed by atoms with Crippen molar-refractivity contribution in [1.29, 1.82) is 0 Å². The number of nitrogens with zero attached hydrogens (tertiary/aromatic N) is 1. The molecule has 1 aliphatic carbocycles. The van der Waals surface area contributed by atoms with Gasteiger partial charge >= 0.3 is 0 Å². The Morgan fingerprint density at radius 1 is 1.33 bits per heavy atom. The van der Waals surface area contributed by atoms with E-state index in [1.165, 1.54) is 51.7 Å². The first-order chi connectivity index (χ1) is 8.45. The molecule has 18 heavy (non-hydrogen) atoms. The number of rotatable bonds is 10. The molecule has 2 nitrogen and oxygen atoms in total. The molecule has 1 atom stereocenters. The van der Waals surface area contributed by atoms with Crippen LogP contribution in [0.5, 0.6) is 0 Å². The van der Waals surface area contributed by atoms with Crippen molar-refractivity contribution in [2.24, 2.45) is 11.3 Å². The lowest BCUT2D eigenvalue weighted by atomic mass is 9.84. The van der Waals surface area contributed by atoms with Gasteiger partial charge in [-0.15, -0.1) is 0 Å². The summed E-state index contributed by atoms with van der Waals surface area (Å²) in [5, 5.41) is 3.73. The Morgan fingerprint density at radius 3 is 2.50 bits per heavy atom. The lowest BCUT2D eigenvalue weighted by Gasteiger charge is -2.34. The molecule has 0 aliphatic heterocycles. The van der Waals surface area contributed by atoms with Crippen LogP contribution in [-0.4, -0.2) is 37.6 Å². The van der Waals surface area contributed by atoms with E-state index < -0.39 is 0 Å². The maximum Gasteiger partial charge on any atom is 0.00684 e. The van der Waals surface area contributed by atoms with Gasteiger partial charge in [0.15, 0.2) is 0 Å². The van der Waals surface area contributed by atoms with Crippen molar-refractivity contribution in [2.75, 3.05) is 26.7 Å². The van der Waals surface area contributed by atoms with Gasteiger partial charge in [-0.05, 0) is 50.6 Å². The lowest BCUT2D eigenvalue weighted by Crippen LogP contribution is -2.42. The fourth-order valence-corrected chi connectivity index (χ4v) is 2.71. The Kier molecular flexibility index (Phi) is 6.65. The van der Waals surface area contributed by atoms with E-state index in [1.807, 2.05) is 0 Å². The molecular weight excluding hydrogens is 220 g/mol. The van der Waals surface area contributed by atoms with Gasteiger partial charge in [-0.3, -0.25) is 0 Å². The third kappa shape index (κ3) is 6.75. The van der Waals surface area contributed by atoms with Gasteiger partial charge in [0.05, 0.1) is 0 Å². The molecule has 0 radical (unpaired) electrons. The first-order valence-corrected chi connectivity index (χ1v) is 7.87. The highest BCUT2D eigenvalue weighted by atomic mass is 15.1. The van der Waals surface area contributed by atoms with Crippen molar-refractivity contribution in [1.82, 2.24) is 10.2 Å². The summed E-state index contributed by atoms with van der Waals surface area (Å²) in [6.07, 6.45) is 6.73. The third-order valence-corrected chi connectivity index (χ3v) is 3.99. The molecule has 0 amide bonds. The molecule has 2 heteroatoms. The number of hydrogen-bond acceptors (Lipinski definition) is 2. The van der Waals surface area contributed by atoms with Gasteiger partial charge in [0.2, 0.25) is 0 Å². The van der Waals surface area contributed by atoms with E-state index >= 15 is 0 Å². The summed E-state index contributed by atoms with van der Waals surface area (Å²) in [4.78, 5) is 2.53. The van der Waals surface area contributed by atoms with Gasteiger partial charge < -0.3 is 10.2 Å². The van der Waals surface area contributed by atoms with Crippen molar-refractivity contribution >= 4 is 0 Å². The molecule has 1 aliphatic rings. The van der Waals surface area contributed by atoms with E-state index in [2.05, 4.69) is 45.0 Å². The summed E-state index contributed by atoms with van der Waals surface area (Å²) in [6.45, 7) is 13.0. The molecule has 1 unspecified atom stereocenters. The minimum absolute atomic E-state index is 0.447. The monoisotopic (exact) mass is 254 g/mol. The highest BCUT2D eigenvalue weighted by Crippen LogP contribution is 2.26. The molecule has 1 saturated carbocycles. The van der Waals surface area contributed by atoms with Crippen LogP contribution in [0, 0.1) is 11.3 Å². The molecule has 1 rings (SSSR count). The molecule has 0 aromatic rings. The first kappa shape index (κ1) is 16.0. The van der Waals surface area contributed by atoms with Crippen LogP contribution < -0.4 is 5.32 Å². The van der Waals surface area contributed by atoms with Crippen LogP contribution in [0.1, 0.15) is 59.8 Å². The van der Waals surface area contributed by atoms with Crippen LogP contribution in [0.2, 0.25) is 0 Å². The van der Waals surface area contributed by atoms with Gasteiger partial charge in [-0.1, -0.05) is 34.1 Å². The molecule has 0 aromatic carbocycles. The molecule has 1 N–H and O–H groups in total. The highest BCUT2D eigenvalue weighted by Gasteiger charge is 2.28. The topological polar surface area (TPSA) is 15.3 Å². The number of hydrogen-bond donors (Lipinski definition) is 1. The predicted molar refractivity (Wildman–Crippen MR) is 81.0 cm³/mol. The van der Waals surface area contributed by atoms with Gasteiger partial charge in [0.25, 0.3) is 0 Å². The average Bonchev–Trinajstić information content (AvgIpc) is 3.08. The van der Waals surface area contributed by atoms with Crippen molar-refractivity contribution < 1.29 is 0 Å². The second-order valence-corrected chi connectivity index (χ2v) is 7.14. The van der Waals surface area contributed by atoms with Gasteiger partial charge in [-0.2, -0.15) is 0 Å². The quantitative estimate of drug-likeness (QED) is 0.641. The van der Waals surface area contributed by atoms with E-state index in [0.29, 0.717) is 5.41 Å². The molecule has 108 valence electrons. The molecule has 0 aromatic heterocycles. The summed E-state index contributed by atoms with van der Waals surface area (Å²) < 4.78 is 0. The SMILES string of the molecule is CCCC(C)(CNC1CC1)CN(C)CCC(C)C. The summed E-state index contributed by atoms with van der Waals surface area (Å²) in [6, 6.07) is 0.835. The maximum absolute atomic E-state index is 3.73. The lowest BCUT2D eigenvalue weighted by molar-refractivity contribution is 0.167. The van der Waals surface area contributed by atoms with Crippen molar-refractivity contribution in [3.05, 3.63) is 0 Å². The van der Waals surface area contributed by atoms with Crippen molar-refractivity contribution in [3.8, 4) is 0 Å². The van der Waals surface area contributed by atoms with E-state index in [-0.39, 0.29) is 0 Å². The zero-order valence-corrected chi connectivity index (χ0v) is 13.3. The van der Waals surface area contributed by atoms with Crippen LogP contribution in [0.15, 0.2) is 0 Å². The van der Waals surface area contributed by atoms with Crippen molar-refractivity contribution in [2.45, 2.75) is 65.8 Å². The fraction of sp³-hybridized carbons (Fsp3) is 1.00. The Hall–Kier alpha value is -0.0800. The van der Waals surface area contributed by atoms with Crippen LogP contribution in [0.3, 0.4) is 0 Å². The molecule has 0 saturated heterocycles. The Balaban J connectivity index is 2.33. The summed E-state index contributed by atoms with van der Waals surface area (Å²) in [5.74, 6) is 0.814. The van der Waals surface area contributed by atoms with E-state index in [0.717, 1.165) is 12.0 Å². The minimum Gasteiger partial charge on any atom is -0.313 e. The second kappa shape index (κ2) is 7.49. The molecule has 0 heterocycles. The summed E-state index contributed by atoms with van der Waals surface area (Å²) in [7, 11) is 2.29. The molecule has 0 bridgehead atoms. The maximum atomic E-state index is 3.73. The smallest absolute Gasteiger partial charge is 0.00684 e. The largest absolute Gasteiger partial charge is 0.313 e. The number of nitrogens with one attached hydrogen (secondary N) is 1. The Morgan fingerprint density at radius 2 is 2.00 bits per heavy atom. The first-order valence-electron chi connectivity index (χ1n) is 7.87. The third-order valence-electron chi connectivity index (χ3n) is 3.99. The molecular formula is C16H34N2. The average molecular weight is 254 g/mol. The normalized spacial score (nSPS) is 19.5. The standard InChI is InChI=1S/C16H34N2/c1-6-10-16(4,12-17-15-7-8-15)13-18(5)11-9-14(2)3/h14-15,17H,6-13H2,1-5H3. The summed E-state index contributed by atoms with van der Waals surface area (Å²) in [5.41, 5.74) is 0.447. The second-order valence-electron chi connectivity index (χ2n) is 7.14. The van der Waals surface area contributed by atoms with Crippen LogP contribution in [-0.2, 0) is 0 Å². The van der Waals surface area contributed by atoms with E-state index in [9.17, 15) is 0 Å². The zero-order valence-electron chi connectivity index (χ0n) is 13.3. The summed E-state index contributed by atoms with van der Waals surface area (Å²) >= 11 is 0. The fourth-order valence-electron chi connectivity index (χ4n) is 2.71. The van der Waals surface area contributed by atoms with Crippen LogP contribution >= 0.6 is 0 Å². The minimum atomic E-state index is 0.447. The molecule has 1 fully saturated rings. The van der Waals surface area contributed by atoms with E-state index in [4.69, 9.17) is 0 Å². The van der Waals surface area contributed by atoms with E-state index in [1.54, 1.807) is 0 Å². The van der Waals surface area contributed by atoms with Crippen molar-refractivity contribution in [3.63, 3.8) is 0 Å². The molecule has 0 spiro atoms. The Bertz CT molecular complexity index is 223. The Labute approximate surface area is 115 Å². The van der Waals surface area contributed by atoms with Crippen LogP contribution in [0.4, 0.5) is 0 Å². The van der Waals surface area contributed by atoms with Crippen LogP contribution in [0.25, 0.3) is 0 Å². The highest BCUT2D eigenvalue weighted by molar-refractivity contribution is 4.86. The predicted octanol–water partition coefficient (Wildman–Crippen LogP) is 3.52.